The number of aromatic nitrogens is 2. The Balaban J connectivity index is 2.19. The molecule has 0 bridgehead atoms. The van der Waals surface area contributed by atoms with Crippen LogP contribution in [0.4, 0.5) is 4.39 Å². The molecule has 0 spiro atoms. The molecule has 3 rings (SSSR count). The van der Waals surface area contributed by atoms with Crippen molar-refractivity contribution in [2.24, 2.45) is 0 Å². The zero-order valence-corrected chi connectivity index (χ0v) is 19.7. The summed E-state index contributed by atoms with van der Waals surface area (Å²) in [5.74, 6) is -1.62. The van der Waals surface area contributed by atoms with E-state index in [4.69, 9.17) is 20.8 Å². The van der Waals surface area contributed by atoms with Crippen molar-refractivity contribution in [1.29, 1.82) is 0 Å². The van der Waals surface area contributed by atoms with E-state index in [9.17, 15) is 17.6 Å². The van der Waals surface area contributed by atoms with Crippen LogP contribution in [0.25, 0.3) is 0 Å². The van der Waals surface area contributed by atoms with Crippen LogP contribution < -0.4 is 15.2 Å². The van der Waals surface area contributed by atoms with Crippen LogP contribution in [-0.4, -0.2) is 25.7 Å². The number of nitrogens with zero attached hydrogens (tertiary/aromatic N) is 1. The van der Waals surface area contributed by atoms with E-state index >= 15 is 0 Å². The number of hydrogen-bond donors (Lipinski definition) is 2. The van der Waals surface area contributed by atoms with E-state index in [0.717, 1.165) is 5.56 Å². The van der Waals surface area contributed by atoms with Crippen molar-refractivity contribution in [3.8, 4) is 5.75 Å². The van der Waals surface area contributed by atoms with Crippen molar-refractivity contribution in [1.82, 2.24) is 14.9 Å². The van der Waals surface area contributed by atoms with Gasteiger partial charge in [0.1, 0.15) is 22.5 Å². The number of aryl methyl sites for hydroxylation is 1. The number of rotatable bonds is 7. The highest BCUT2D eigenvalue weighted by atomic mass is 35.5. The molecule has 8 nitrogen and oxygen atoms in total. The van der Waals surface area contributed by atoms with E-state index in [2.05, 4.69) is 14.9 Å². The largest absolute Gasteiger partial charge is 0.495 e. The summed E-state index contributed by atoms with van der Waals surface area (Å²) in [5, 5.41) is 6.23. The Morgan fingerprint density at radius 2 is 1.94 bits per heavy atom. The van der Waals surface area contributed by atoms with Crippen molar-refractivity contribution in [3.05, 3.63) is 74.3 Å². The van der Waals surface area contributed by atoms with Gasteiger partial charge in [0.25, 0.3) is 0 Å². The smallest absolute Gasteiger partial charge is 0.434 e. The molecular weight excluding hydrogens is 461 g/mol. The number of nitrogens with one attached hydrogen (secondary N) is 2. The minimum absolute atomic E-state index is 0.0166. The predicted molar refractivity (Wildman–Crippen MR) is 117 cm³/mol. The Morgan fingerprint density at radius 1 is 1.25 bits per heavy atom. The minimum Gasteiger partial charge on any atom is -0.495 e. The van der Waals surface area contributed by atoms with Crippen LogP contribution in [0.5, 0.6) is 5.75 Å². The van der Waals surface area contributed by atoms with Crippen LogP contribution in [0, 0.1) is 19.7 Å². The Hall–Kier alpha value is -2.69. The van der Waals surface area contributed by atoms with E-state index in [0.29, 0.717) is 5.56 Å². The minimum atomic E-state index is -4.26. The van der Waals surface area contributed by atoms with E-state index in [1.54, 1.807) is 26.8 Å². The van der Waals surface area contributed by atoms with Gasteiger partial charge >= 0.3 is 5.76 Å². The third-order valence-corrected chi connectivity index (χ3v) is 7.14. The number of ether oxygens (including phenoxy) is 1. The summed E-state index contributed by atoms with van der Waals surface area (Å²) in [4.78, 5) is 11.5. The summed E-state index contributed by atoms with van der Waals surface area (Å²) in [6.07, 6.45) is 0. The molecule has 11 heteroatoms. The zero-order valence-electron chi connectivity index (χ0n) is 18.1. The Labute approximate surface area is 189 Å². The summed E-state index contributed by atoms with van der Waals surface area (Å²) in [6, 6.07) is 5.74. The second kappa shape index (κ2) is 8.68. The monoisotopic (exact) mass is 483 g/mol. The first-order valence-corrected chi connectivity index (χ1v) is 11.4. The zero-order chi connectivity index (χ0) is 23.8. The summed E-state index contributed by atoms with van der Waals surface area (Å²) in [5.41, 5.74) is 0.497. The fraction of sp³-hybridized carbons (Fsp3) is 0.333. The first-order chi connectivity index (χ1) is 14.9. The summed E-state index contributed by atoms with van der Waals surface area (Å²) in [7, 11) is -2.95. The maximum atomic E-state index is 15.0. The van der Waals surface area contributed by atoms with Gasteiger partial charge < -0.3 is 9.15 Å². The molecule has 172 valence electrons. The van der Waals surface area contributed by atoms with Gasteiger partial charge in [-0.25, -0.2) is 22.7 Å². The lowest BCUT2D eigenvalue weighted by Gasteiger charge is -2.35. The summed E-state index contributed by atoms with van der Waals surface area (Å²) < 4.78 is 54.5. The van der Waals surface area contributed by atoms with Crippen molar-refractivity contribution < 1.29 is 22.0 Å². The SMILES string of the molecule is COc1cc(Cl)ccc1S(=O)(=O)N[C@H](c1n[nH]c(=O)o1)C(C)(C)c1c(F)ccc(C)c1C. The van der Waals surface area contributed by atoms with Gasteiger partial charge in [-0.05, 0) is 48.7 Å². The third kappa shape index (κ3) is 4.43. The topological polar surface area (TPSA) is 114 Å². The predicted octanol–water partition coefficient (Wildman–Crippen LogP) is 3.78. The lowest BCUT2D eigenvalue weighted by atomic mass is 9.75. The van der Waals surface area contributed by atoms with Crippen LogP contribution in [0.15, 0.2) is 44.4 Å². The number of halogens is 2. The van der Waals surface area contributed by atoms with E-state index in [1.165, 1.54) is 31.4 Å². The van der Waals surface area contributed by atoms with Crippen LogP contribution >= 0.6 is 11.6 Å². The van der Waals surface area contributed by atoms with Gasteiger partial charge in [-0.3, -0.25) is 0 Å². The van der Waals surface area contributed by atoms with Gasteiger partial charge in [0.15, 0.2) is 0 Å². The fourth-order valence-electron chi connectivity index (χ4n) is 3.67. The fourth-order valence-corrected chi connectivity index (χ4v) is 5.32. The average molecular weight is 484 g/mol. The summed E-state index contributed by atoms with van der Waals surface area (Å²) in [6.45, 7) is 6.84. The second-order valence-electron chi connectivity index (χ2n) is 7.89. The number of sulfonamides is 1. The van der Waals surface area contributed by atoms with E-state index in [-0.39, 0.29) is 27.1 Å². The number of H-pyrrole nitrogens is 1. The number of hydrogen-bond acceptors (Lipinski definition) is 6. The molecular formula is C21H23ClFN3O5S. The van der Waals surface area contributed by atoms with Gasteiger partial charge in [-0.15, -0.1) is 5.10 Å². The molecule has 1 atom stereocenters. The Bertz CT molecular complexity index is 1320. The standard InChI is InChI=1S/C21H23ClFN3O5S/c1-11-6-8-14(23)17(12(11)2)21(3,4)18(19-24-25-20(27)31-19)26-32(28,29)16-9-7-13(22)10-15(16)30-5/h6-10,18,26H,1-5H3,(H,25,27)/t18-/m1/s1. The molecule has 2 N–H and O–H groups in total. The number of aromatic amines is 1. The molecule has 0 aliphatic heterocycles. The Morgan fingerprint density at radius 3 is 2.53 bits per heavy atom. The second-order valence-corrected chi connectivity index (χ2v) is 10.0. The van der Waals surface area contributed by atoms with E-state index < -0.39 is 33.1 Å². The quantitative estimate of drug-likeness (QED) is 0.528. The molecule has 0 fully saturated rings. The number of methoxy groups -OCH3 is 1. The molecule has 1 heterocycles. The molecule has 0 aliphatic rings. The van der Waals surface area contributed by atoms with Crippen LogP contribution in [0.3, 0.4) is 0 Å². The average Bonchev–Trinajstić information content (AvgIpc) is 3.14. The van der Waals surface area contributed by atoms with Crippen LogP contribution in [0.1, 0.15) is 42.5 Å². The molecule has 2 aromatic carbocycles. The lowest BCUT2D eigenvalue weighted by molar-refractivity contribution is 0.304. The van der Waals surface area contributed by atoms with Gasteiger partial charge in [-0.2, -0.15) is 4.72 Å². The van der Waals surface area contributed by atoms with Crippen LogP contribution in [0.2, 0.25) is 5.02 Å². The summed E-state index contributed by atoms with van der Waals surface area (Å²) >= 11 is 5.95. The molecule has 1 aromatic heterocycles. The molecule has 0 unspecified atom stereocenters. The van der Waals surface area contributed by atoms with Gasteiger partial charge in [0.2, 0.25) is 15.9 Å². The van der Waals surface area contributed by atoms with Crippen LogP contribution in [-0.2, 0) is 15.4 Å². The molecule has 0 aliphatic carbocycles. The highest BCUT2D eigenvalue weighted by molar-refractivity contribution is 7.89. The lowest BCUT2D eigenvalue weighted by Crippen LogP contribution is -2.42. The highest BCUT2D eigenvalue weighted by Crippen LogP contribution is 2.41. The van der Waals surface area contributed by atoms with Crippen molar-refractivity contribution in [3.63, 3.8) is 0 Å². The van der Waals surface area contributed by atoms with Crippen molar-refractivity contribution >= 4 is 21.6 Å². The van der Waals surface area contributed by atoms with Gasteiger partial charge in [0.05, 0.1) is 7.11 Å². The maximum absolute atomic E-state index is 15.0. The van der Waals surface area contributed by atoms with E-state index in [1.807, 2.05) is 6.92 Å². The number of benzene rings is 2. The highest BCUT2D eigenvalue weighted by Gasteiger charge is 2.42. The van der Waals surface area contributed by atoms with Gasteiger partial charge in [0, 0.05) is 16.5 Å². The van der Waals surface area contributed by atoms with Gasteiger partial charge in [-0.1, -0.05) is 31.5 Å². The third-order valence-electron chi connectivity index (χ3n) is 5.44. The maximum Gasteiger partial charge on any atom is 0.434 e. The van der Waals surface area contributed by atoms with Crippen molar-refractivity contribution in [2.45, 2.75) is 44.0 Å². The first kappa shape index (κ1) is 24.0. The molecule has 32 heavy (non-hydrogen) atoms. The molecule has 0 radical (unpaired) electrons. The Kier molecular flexibility index (Phi) is 6.50. The molecule has 0 amide bonds. The van der Waals surface area contributed by atoms with Crippen molar-refractivity contribution in [2.75, 3.05) is 7.11 Å². The molecule has 0 saturated heterocycles. The molecule has 0 saturated carbocycles. The molecule has 3 aromatic rings. The normalized spacial score (nSPS) is 13.2. The first-order valence-electron chi connectivity index (χ1n) is 9.56.